The van der Waals surface area contributed by atoms with Crippen LogP contribution < -0.4 is 5.32 Å². The molecule has 1 N–H and O–H groups in total. The highest BCUT2D eigenvalue weighted by Gasteiger charge is 2.23. The topological polar surface area (TPSA) is 21.3 Å². The molecular formula is C12H15ClFNO. The molecule has 0 aliphatic carbocycles. The van der Waals surface area contributed by atoms with Crippen LogP contribution in [0.1, 0.15) is 18.9 Å². The summed E-state index contributed by atoms with van der Waals surface area (Å²) in [5.41, 5.74) is 0.865. The summed E-state index contributed by atoms with van der Waals surface area (Å²) in [5.74, 6) is -0.292. The highest BCUT2D eigenvalue weighted by Crippen LogP contribution is 2.16. The van der Waals surface area contributed by atoms with Crippen LogP contribution in [0.25, 0.3) is 0 Å². The van der Waals surface area contributed by atoms with Gasteiger partial charge in [-0.1, -0.05) is 11.6 Å². The molecule has 1 aliphatic rings. The summed E-state index contributed by atoms with van der Waals surface area (Å²) in [5, 5.41) is 3.79. The predicted octanol–water partition coefficient (Wildman–Crippen LogP) is 2.75. The second-order valence-electron chi connectivity index (χ2n) is 4.13. The van der Waals surface area contributed by atoms with Crippen molar-refractivity contribution in [3.05, 3.63) is 34.6 Å². The minimum Gasteiger partial charge on any atom is -0.377 e. The molecule has 2 atom stereocenters. The highest BCUT2D eigenvalue weighted by molar-refractivity contribution is 6.30. The van der Waals surface area contributed by atoms with Crippen molar-refractivity contribution in [1.82, 2.24) is 5.32 Å². The lowest BCUT2D eigenvalue weighted by molar-refractivity contribution is 0.113. The molecule has 2 unspecified atom stereocenters. The molecule has 88 valence electrons. The van der Waals surface area contributed by atoms with E-state index < -0.39 is 0 Å². The Hall–Kier alpha value is -0.640. The average molecular weight is 244 g/mol. The molecule has 0 aromatic heterocycles. The smallest absolute Gasteiger partial charge is 0.125 e. The van der Waals surface area contributed by atoms with Crippen molar-refractivity contribution in [3.8, 4) is 0 Å². The number of rotatable bonds is 3. The summed E-state index contributed by atoms with van der Waals surface area (Å²) < 4.78 is 18.5. The first-order chi connectivity index (χ1) is 7.65. The van der Waals surface area contributed by atoms with E-state index in [-0.39, 0.29) is 11.9 Å². The Morgan fingerprint density at radius 2 is 2.31 bits per heavy atom. The summed E-state index contributed by atoms with van der Waals surface area (Å²) >= 11 is 5.78. The van der Waals surface area contributed by atoms with Gasteiger partial charge in [0.25, 0.3) is 0 Å². The average Bonchev–Trinajstić information content (AvgIpc) is 2.59. The van der Waals surface area contributed by atoms with Gasteiger partial charge in [-0.25, -0.2) is 4.39 Å². The fourth-order valence-corrected chi connectivity index (χ4v) is 2.21. The van der Waals surface area contributed by atoms with Crippen LogP contribution in [0, 0.1) is 5.82 Å². The van der Waals surface area contributed by atoms with E-state index in [2.05, 4.69) is 5.32 Å². The molecule has 1 aromatic rings. The van der Waals surface area contributed by atoms with E-state index in [1.165, 1.54) is 12.1 Å². The third kappa shape index (κ3) is 2.94. The summed E-state index contributed by atoms with van der Waals surface area (Å²) in [6.45, 7) is 3.46. The first-order valence-corrected chi connectivity index (χ1v) is 5.83. The molecule has 1 heterocycles. The van der Waals surface area contributed by atoms with Crippen molar-refractivity contribution in [2.75, 3.05) is 6.61 Å². The van der Waals surface area contributed by atoms with Crippen LogP contribution in [0.4, 0.5) is 4.39 Å². The Kier molecular flexibility index (Phi) is 3.79. The zero-order valence-electron chi connectivity index (χ0n) is 9.17. The Labute approximate surface area is 99.7 Å². The Bertz CT molecular complexity index is 352. The Balaban J connectivity index is 1.94. The molecule has 2 rings (SSSR count). The molecule has 0 spiro atoms. The molecule has 0 radical (unpaired) electrons. The van der Waals surface area contributed by atoms with Gasteiger partial charge in [-0.2, -0.15) is 0 Å². The second-order valence-corrected chi connectivity index (χ2v) is 4.57. The largest absolute Gasteiger partial charge is 0.377 e. The quantitative estimate of drug-likeness (QED) is 0.882. The second kappa shape index (κ2) is 5.13. The maximum absolute atomic E-state index is 13.1. The monoisotopic (exact) mass is 243 g/mol. The van der Waals surface area contributed by atoms with Crippen LogP contribution in [-0.2, 0) is 11.3 Å². The van der Waals surface area contributed by atoms with Gasteiger partial charge in [0.1, 0.15) is 5.82 Å². The molecule has 4 heteroatoms. The third-order valence-corrected chi connectivity index (χ3v) is 3.09. The molecular weight excluding hydrogens is 229 g/mol. The molecule has 1 fully saturated rings. The molecule has 1 aromatic carbocycles. The zero-order valence-corrected chi connectivity index (χ0v) is 9.93. The van der Waals surface area contributed by atoms with E-state index in [9.17, 15) is 4.39 Å². The summed E-state index contributed by atoms with van der Waals surface area (Å²) in [4.78, 5) is 0. The van der Waals surface area contributed by atoms with Crippen LogP contribution in [0.5, 0.6) is 0 Å². The van der Waals surface area contributed by atoms with Crippen LogP contribution in [0.3, 0.4) is 0 Å². The van der Waals surface area contributed by atoms with Gasteiger partial charge in [0.05, 0.1) is 6.10 Å². The van der Waals surface area contributed by atoms with Gasteiger partial charge in [0.2, 0.25) is 0 Å². The Morgan fingerprint density at radius 3 is 2.94 bits per heavy atom. The van der Waals surface area contributed by atoms with Crippen molar-refractivity contribution >= 4 is 11.6 Å². The standard InChI is InChI=1S/C12H15ClFNO/c1-8-12(2-3-16-8)15-7-9-4-10(13)6-11(14)5-9/h4-6,8,12,15H,2-3,7H2,1H3. The molecule has 0 saturated carbocycles. The minimum absolute atomic E-state index is 0.226. The summed E-state index contributed by atoms with van der Waals surface area (Å²) in [6.07, 6.45) is 1.23. The third-order valence-electron chi connectivity index (χ3n) is 2.87. The maximum Gasteiger partial charge on any atom is 0.125 e. The van der Waals surface area contributed by atoms with Crippen molar-refractivity contribution in [3.63, 3.8) is 0 Å². The van der Waals surface area contributed by atoms with Gasteiger partial charge < -0.3 is 10.1 Å². The van der Waals surface area contributed by atoms with Crippen LogP contribution in [-0.4, -0.2) is 18.8 Å². The first kappa shape index (κ1) is 11.8. The lowest BCUT2D eigenvalue weighted by atomic mass is 10.1. The summed E-state index contributed by atoms with van der Waals surface area (Å²) in [6, 6.07) is 4.94. The van der Waals surface area contributed by atoms with Crippen molar-refractivity contribution in [1.29, 1.82) is 0 Å². The van der Waals surface area contributed by atoms with Gasteiger partial charge in [-0.05, 0) is 37.1 Å². The molecule has 2 nitrogen and oxygen atoms in total. The van der Waals surface area contributed by atoms with Gasteiger partial charge in [0, 0.05) is 24.2 Å². The normalized spacial score (nSPS) is 24.9. The van der Waals surface area contributed by atoms with E-state index in [1.54, 1.807) is 6.07 Å². The lowest BCUT2D eigenvalue weighted by Gasteiger charge is -2.16. The lowest BCUT2D eigenvalue weighted by Crippen LogP contribution is -2.34. The number of ether oxygens (including phenoxy) is 1. The fourth-order valence-electron chi connectivity index (χ4n) is 1.96. The minimum atomic E-state index is -0.292. The summed E-state index contributed by atoms with van der Waals surface area (Å²) in [7, 11) is 0. The van der Waals surface area contributed by atoms with E-state index in [0.717, 1.165) is 18.6 Å². The van der Waals surface area contributed by atoms with Gasteiger partial charge in [-0.3, -0.25) is 0 Å². The fraction of sp³-hybridized carbons (Fsp3) is 0.500. The molecule has 1 aliphatic heterocycles. The van der Waals surface area contributed by atoms with Crippen molar-refractivity contribution < 1.29 is 9.13 Å². The van der Waals surface area contributed by atoms with Crippen LogP contribution >= 0.6 is 11.6 Å². The van der Waals surface area contributed by atoms with Crippen molar-refractivity contribution in [2.24, 2.45) is 0 Å². The SMILES string of the molecule is CC1OCCC1NCc1cc(F)cc(Cl)c1. The molecule has 0 bridgehead atoms. The number of hydrogen-bond donors (Lipinski definition) is 1. The molecule has 16 heavy (non-hydrogen) atoms. The van der Waals surface area contributed by atoms with Gasteiger partial charge >= 0.3 is 0 Å². The Morgan fingerprint density at radius 1 is 1.50 bits per heavy atom. The number of halogens is 2. The number of hydrogen-bond acceptors (Lipinski definition) is 2. The van der Waals surface area contributed by atoms with Crippen LogP contribution in [0.15, 0.2) is 18.2 Å². The molecule has 0 amide bonds. The predicted molar refractivity (Wildman–Crippen MR) is 62.1 cm³/mol. The van der Waals surface area contributed by atoms with Crippen molar-refractivity contribution in [2.45, 2.75) is 32.0 Å². The number of benzene rings is 1. The molecule has 1 saturated heterocycles. The van der Waals surface area contributed by atoms with Gasteiger partial charge in [0.15, 0.2) is 0 Å². The zero-order chi connectivity index (χ0) is 11.5. The maximum atomic E-state index is 13.1. The van der Waals surface area contributed by atoms with Crippen LogP contribution in [0.2, 0.25) is 5.02 Å². The van der Waals surface area contributed by atoms with E-state index in [0.29, 0.717) is 17.6 Å². The van der Waals surface area contributed by atoms with Gasteiger partial charge in [-0.15, -0.1) is 0 Å². The van der Waals surface area contributed by atoms with E-state index in [4.69, 9.17) is 16.3 Å². The first-order valence-electron chi connectivity index (χ1n) is 5.45. The number of nitrogens with one attached hydrogen (secondary N) is 1. The van der Waals surface area contributed by atoms with E-state index >= 15 is 0 Å². The van der Waals surface area contributed by atoms with E-state index in [1.807, 2.05) is 6.92 Å². The highest BCUT2D eigenvalue weighted by atomic mass is 35.5.